The number of unbranched alkanes of at least 4 members (excludes halogenated alkanes) is 1. The predicted molar refractivity (Wildman–Crippen MR) is 87.1 cm³/mol. The number of nitrogens with two attached hydrogens (primary N) is 1. The number of hydrogen-bond acceptors (Lipinski definition) is 5. The van der Waals surface area contributed by atoms with Gasteiger partial charge in [-0.25, -0.2) is 13.4 Å². The van der Waals surface area contributed by atoms with Crippen LogP contribution in [0.4, 0.5) is 10.8 Å². The van der Waals surface area contributed by atoms with Crippen LogP contribution in [-0.2, 0) is 16.4 Å². The lowest BCUT2D eigenvalue weighted by molar-refractivity contribution is 0.602. The molecule has 1 aromatic heterocycles. The number of aromatic nitrogens is 1. The van der Waals surface area contributed by atoms with Gasteiger partial charge in [0.25, 0.3) is 10.0 Å². The van der Waals surface area contributed by atoms with Crippen molar-refractivity contribution in [3.05, 3.63) is 35.5 Å². The van der Waals surface area contributed by atoms with Gasteiger partial charge in [0, 0.05) is 5.69 Å². The third-order valence-electron chi connectivity index (χ3n) is 3.04. The topological polar surface area (TPSA) is 85.1 Å². The summed E-state index contributed by atoms with van der Waals surface area (Å²) in [5.41, 5.74) is 7.72. The van der Waals surface area contributed by atoms with Gasteiger partial charge in [0.1, 0.15) is 0 Å². The van der Waals surface area contributed by atoms with Crippen LogP contribution < -0.4 is 10.5 Å². The van der Waals surface area contributed by atoms with E-state index in [0.717, 1.165) is 30.6 Å². The minimum absolute atomic E-state index is 0.162. The Morgan fingerprint density at radius 3 is 2.48 bits per heavy atom. The molecule has 21 heavy (non-hydrogen) atoms. The first-order chi connectivity index (χ1) is 9.92. The first-order valence-electron chi connectivity index (χ1n) is 6.77. The maximum atomic E-state index is 12.3. The molecule has 5 nitrogen and oxygen atoms in total. The van der Waals surface area contributed by atoms with E-state index in [1.165, 1.54) is 5.56 Å². The summed E-state index contributed by atoms with van der Waals surface area (Å²) in [6.45, 7) is 3.78. The standard InChI is InChI=1S/C14H19N3O2S2/c1-3-4-5-11-6-8-12(9-7-11)17-21(18,19)13-10(2)16-14(15)20-13/h6-9,17H,3-5H2,1-2H3,(H2,15,16). The highest BCUT2D eigenvalue weighted by Gasteiger charge is 2.21. The number of nitrogens with one attached hydrogen (secondary N) is 1. The van der Waals surface area contributed by atoms with Gasteiger partial charge < -0.3 is 5.73 Å². The van der Waals surface area contributed by atoms with Crippen molar-refractivity contribution < 1.29 is 8.42 Å². The lowest BCUT2D eigenvalue weighted by Crippen LogP contribution is -2.12. The van der Waals surface area contributed by atoms with Crippen LogP contribution in [0.2, 0.25) is 0 Å². The quantitative estimate of drug-likeness (QED) is 0.854. The Morgan fingerprint density at radius 1 is 1.29 bits per heavy atom. The number of hydrogen-bond donors (Lipinski definition) is 2. The molecule has 3 N–H and O–H groups in total. The summed E-state index contributed by atoms with van der Waals surface area (Å²) in [5, 5.41) is 0.253. The van der Waals surface area contributed by atoms with E-state index >= 15 is 0 Å². The van der Waals surface area contributed by atoms with Crippen molar-refractivity contribution in [2.45, 2.75) is 37.3 Å². The Kier molecular flexibility index (Phi) is 4.84. The highest BCUT2D eigenvalue weighted by atomic mass is 32.2. The maximum absolute atomic E-state index is 12.3. The van der Waals surface area contributed by atoms with Crippen LogP contribution >= 0.6 is 11.3 Å². The van der Waals surface area contributed by atoms with Gasteiger partial charge in [-0.05, 0) is 37.5 Å². The molecule has 1 aromatic carbocycles. The Hall–Kier alpha value is -1.60. The zero-order valence-corrected chi connectivity index (χ0v) is 13.7. The third-order valence-corrected chi connectivity index (χ3v) is 6.02. The molecule has 0 aliphatic heterocycles. The van der Waals surface area contributed by atoms with E-state index in [-0.39, 0.29) is 9.34 Å². The minimum Gasteiger partial charge on any atom is -0.375 e. The van der Waals surface area contributed by atoms with E-state index in [4.69, 9.17) is 5.73 Å². The van der Waals surface area contributed by atoms with Gasteiger partial charge in [0.05, 0.1) is 5.69 Å². The molecule has 0 aliphatic rings. The number of sulfonamides is 1. The van der Waals surface area contributed by atoms with Gasteiger partial charge in [0.15, 0.2) is 9.34 Å². The van der Waals surface area contributed by atoms with Gasteiger partial charge in [-0.15, -0.1) is 0 Å². The van der Waals surface area contributed by atoms with Crippen molar-refractivity contribution in [2.75, 3.05) is 10.5 Å². The summed E-state index contributed by atoms with van der Waals surface area (Å²) in [4.78, 5) is 3.94. The van der Waals surface area contributed by atoms with Gasteiger partial charge in [0.2, 0.25) is 0 Å². The van der Waals surface area contributed by atoms with Gasteiger partial charge >= 0.3 is 0 Å². The first-order valence-corrected chi connectivity index (χ1v) is 9.07. The molecule has 0 aliphatic carbocycles. The molecule has 0 fully saturated rings. The summed E-state index contributed by atoms with van der Waals surface area (Å²) in [5.74, 6) is 0. The molecule has 7 heteroatoms. The smallest absolute Gasteiger partial charge is 0.273 e. The molecule has 2 rings (SSSR count). The molecule has 0 atom stereocenters. The van der Waals surface area contributed by atoms with E-state index in [1.807, 2.05) is 12.1 Å². The maximum Gasteiger partial charge on any atom is 0.273 e. The fourth-order valence-electron chi connectivity index (χ4n) is 1.97. The highest BCUT2D eigenvalue weighted by molar-refractivity contribution is 7.94. The molecular weight excluding hydrogens is 306 g/mol. The van der Waals surface area contributed by atoms with Crippen molar-refractivity contribution in [1.29, 1.82) is 0 Å². The molecule has 0 radical (unpaired) electrons. The molecule has 0 unspecified atom stereocenters. The van der Waals surface area contributed by atoms with Crippen molar-refractivity contribution in [1.82, 2.24) is 4.98 Å². The number of benzene rings is 1. The van der Waals surface area contributed by atoms with Crippen LogP contribution in [0.1, 0.15) is 31.0 Å². The Balaban J connectivity index is 2.15. The zero-order valence-electron chi connectivity index (χ0n) is 12.1. The normalized spacial score (nSPS) is 11.5. The molecule has 0 bridgehead atoms. The van der Waals surface area contributed by atoms with Crippen LogP contribution in [0.3, 0.4) is 0 Å². The van der Waals surface area contributed by atoms with Crippen LogP contribution in [-0.4, -0.2) is 13.4 Å². The number of rotatable bonds is 6. The van der Waals surface area contributed by atoms with Gasteiger partial charge in [-0.2, -0.15) is 0 Å². The first kappa shape index (κ1) is 15.8. The average Bonchev–Trinajstić information content (AvgIpc) is 2.77. The number of thiazole rings is 1. The molecule has 0 saturated heterocycles. The van der Waals surface area contributed by atoms with Crippen LogP contribution in [0.5, 0.6) is 0 Å². The second-order valence-corrected chi connectivity index (χ2v) is 7.74. The zero-order chi connectivity index (χ0) is 15.5. The summed E-state index contributed by atoms with van der Waals surface area (Å²) in [6, 6.07) is 7.45. The molecule has 0 amide bonds. The van der Waals surface area contributed by atoms with E-state index in [1.54, 1.807) is 19.1 Å². The third kappa shape index (κ3) is 3.95. The van der Waals surface area contributed by atoms with Crippen molar-refractivity contribution in [3.63, 3.8) is 0 Å². The fraction of sp³-hybridized carbons (Fsp3) is 0.357. The van der Waals surface area contributed by atoms with Crippen LogP contribution in [0.25, 0.3) is 0 Å². The minimum atomic E-state index is -3.63. The predicted octanol–water partition coefficient (Wildman–Crippen LogP) is 3.18. The lowest BCUT2D eigenvalue weighted by Gasteiger charge is -2.07. The Bertz CT molecular complexity index is 706. The molecule has 2 aromatic rings. The molecule has 0 spiro atoms. The van der Waals surface area contributed by atoms with Crippen molar-refractivity contribution >= 4 is 32.2 Å². The second kappa shape index (κ2) is 6.44. The average molecular weight is 325 g/mol. The van der Waals surface area contributed by atoms with E-state index in [9.17, 15) is 8.42 Å². The SMILES string of the molecule is CCCCc1ccc(NS(=O)(=O)c2sc(N)nc2C)cc1. The molecule has 0 saturated carbocycles. The monoisotopic (exact) mass is 325 g/mol. The Labute approximate surface area is 129 Å². The summed E-state index contributed by atoms with van der Waals surface area (Å²) < 4.78 is 27.3. The van der Waals surface area contributed by atoms with E-state index < -0.39 is 10.0 Å². The van der Waals surface area contributed by atoms with E-state index in [2.05, 4.69) is 16.6 Å². The number of aryl methyl sites for hydroxylation is 2. The fourth-order valence-corrected chi connectivity index (χ4v) is 4.33. The summed E-state index contributed by atoms with van der Waals surface area (Å²) in [6.07, 6.45) is 3.28. The number of nitrogens with zero attached hydrogens (tertiary/aromatic N) is 1. The summed E-state index contributed by atoms with van der Waals surface area (Å²) >= 11 is 0.971. The largest absolute Gasteiger partial charge is 0.375 e. The lowest BCUT2D eigenvalue weighted by atomic mass is 10.1. The van der Waals surface area contributed by atoms with Crippen LogP contribution in [0.15, 0.2) is 28.5 Å². The molecular formula is C14H19N3O2S2. The van der Waals surface area contributed by atoms with Gasteiger partial charge in [-0.3, -0.25) is 4.72 Å². The highest BCUT2D eigenvalue weighted by Crippen LogP contribution is 2.27. The van der Waals surface area contributed by atoms with Crippen molar-refractivity contribution in [3.8, 4) is 0 Å². The van der Waals surface area contributed by atoms with Crippen LogP contribution in [0, 0.1) is 6.92 Å². The van der Waals surface area contributed by atoms with E-state index in [0.29, 0.717) is 11.4 Å². The summed E-state index contributed by atoms with van der Waals surface area (Å²) in [7, 11) is -3.63. The second-order valence-electron chi connectivity index (χ2n) is 4.83. The number of nitrogen functional groups attached to an aromatic ring is 1. The number of anilines is 2. The molecule has 1 heterocycles. The molecule has 114 valence electrons. The van der Waals surface area contributed by atoms with Crippen molar-refractivity contribution in [2.24, 2.45) is 0 Å². The van der Waals surface area contributed by atoms with Gasteiger partial charge in [-0.1, -0.05) is 36.8 Å². The Morgan fingerprint density at radius 2 is 1.95 bits per heavy atom.